The number of hydrogen-bond acceptors (Lipinski definition) is 3. The maximum absolute atomic E-state index is 11.0. The molecule has 0 amide bonds. The largest absolute Gasteiger partial charge is 0.497 e. The Morgan fingerprint density at radius 1 is 0.870 bits per heavy atom. The van der Waals surface area contributed by atoms with Crippen molar-refractivity contribution in [2.45, 2.75) is 12.0 Å². The molecule has 1 heterocycles. The van der Waals surface area contributed by atoms with E-state index < -0.39 is 6.10 Å². The molecule has 0 saturated carbocycles. The summed E-state index contributed by atoms with van der Waals surface area (Å²) in [5.41, 5.74) is 2.68. The van der Waals surface area contributed by atoms with E-state index in [1.807, 2.05) is 72.8 Å². The normalized spacial score (nSPS) is 13.3. The van der Waals surface area contributed by atoms with E-state index in [1.54, 1.807) is 13.3 Å². The van der Waals surface area contributed by atoms with Crippen molar-refractivity contribution in [3.63, 3.8) is 0 Å². The van der Waals surface area contributed by atoms with Crippen LogP contribution < -0.4 is 4.74 Å². The molecule has 0 saturated heterocycles. The van der Waals surface area contributed by atoms with Gasteiger partial charge in [0.25, 0.3) is 0 Å². The molecule has 3 aromatic rings. The number of methoxy groups -OCH3 is 1. The second-order valence-electron chi connectivity index (χ2n) is 5.36. The third-order valence-electron chi connectivity index (χ3n) is 3.92. The molecule has 116 valence electrons. The van der Waals surface area contributed by atoms with Gasteiger partial charge < -0.3 is 9.84 Å². The number of aromatic nitrogens is 1. The van der Waals surface area contributed by atoms with Crippen LogP contribution in [-0.4, -0.2) is 17.2 Å². The molecule has 0 spiro atoms. The van der Waals surface area contributed by atoms with Crippen molar-refractivity contribution in [2.24, 2.45) is 0 Å². The van der Waals surface area contributed by atoms with Crippen LogP contribution in [0.5, 0.6) is 5.75 Å². The number of benzene rings is 2. The summed E-state index contributed by atoms with van der Waals surface area (Å²) in [5, 5.41) is 11.0. The minimum Gasteiger partial charge on any atom is -0.497 e. The first kappa shape index (κ1) is 15.3. The van der Waals surface area contributed by atoms with Crippen molar-refractivity contribution in [1.82, 2.24) is 4.98 Å². The van der Waals surface area contributed by atoms with Gasteiger partial charge in [-0.05, 0) is 35.4 Å². The van der Waals surface area contributed by atoms with E-state index in [4.69, 9.17) is 4.74 Å². The molecule has 2 atom stereocenters. The number of aliphatic hydroxyl groups is 1. The third-order valence-corrected chi connectivity index (χ3v) is 3.92. The molecule has 1 N–H and O–H groups in total. The Balaban J connectivity index is 2.04. The summed E-state index contributed by atoms with van der Waals surface area (Å²) in [5.74, 6) is 0.499. The molecule has 0 fully saturated rings. The van der Waals surface area contributed by atoms with Crippen LogP contribution in [0.25, 0.3) is 0 Å². The fraction of sp³-hybridized carbons (Fsp3) is 0.150. The number of hydrogen-bond donors (Lipinski definition) is 1. The van der Waals surface area contributed by atoms with Crippen molar-refractivity contribution in [3.8, 4) is 5.75 Å². The summed E-state index contributed by atoms with van der Waals surface area (Å²) < 4.78 is 5.27. The number of ether oxygens (including phenoxy) is 1. The van der Waals surface area contributed by atoms with Gasteiger partial charge in [-0.15, -0.1) is 0 Å². The molecule has 0 aliphatic rings. The average Bonchev–Trinajstić information content (AvgIpc) is 2.64. The first-order chi connectivity index (χ1) is 11.3. The molecule has 0 unspecified atom stereocenters. The maximum atomic E-state index is 11.0. The van der Waals surface area contributed by atoms with Crippen LogP contribution in [0.2, 0.25) is 0 Å². The predicted molar refractivity (Wildman–Crippen MR) is 90.5 cm³/mol. The van der Waals surface area contributed by atoms with E-state index in [9.17, 15) is 5.11 Å². The number of aliphatic hydroxyl groups excluding tert-OH is 1. The minimum absolute atomic E-state index is 0.232. The lowest BCUT2D eigenvalue weighted by molar-refractivity contribution is 0.157. The molecule has 23 heavy (non-hydrogen) atoms. The minimum atomic E-state index is -0.706. The predicted octanol–water partition coefficient (Wildman–Crippen LogP) is 3.96. The monoisotopic (exact) mass is 305 g/mol. The highest BCUT2D eigenvalue weighted by Crippen LogP contribution is 2.36. The van der Waals surface area contributed by atoms with Crippen molar-refractivity contribution in [2.75, 3.05) is 7.11 Å². The van der Waals surface area contributed by atoms with Gasteiger partial charge in [0.15, 0.2) is 0 Å². The SMILES string of the molecule is COc1cccc([C@H](O)[C@@H](c2ccccc2)c2ccccn2)c1. The fourth-order valence-electron chi connectivity index (χ4n) is 2.75. The highest BCUT2D eigenvalue weighted by atomic mass is 16.5. The highest BCUT2D eigenvalue weighted by Gasteiger charge is 2.25. The zero-order valence-corrected chi connectivity index (χ0v) is 13.0. The van der Waals surface area contributed by atoms with Gasteiger partial charge in [0, 0.05) is 6.20 Å². The fourth-order valence-corrected chi connectivity index (χ4v) is 2.75. The van der Waals surface area contributed by atoms with Crippen molar-refractivity contribution < 1.29 is 9.84 Å². The Hall–Kier alpha value is -2.65. The lowest BCUT2D eigenvalue weighted by atomic mass is 9.86. The summed E-state index contributed by atoms with van der Waals surface area (Å²) in [6, 6.07) is 23.2. The second kappa shape index (κ2) is 7.07. The molecule has 0 radical (unpaired) electrons. The number of rotatable bonds is 5. The molecule has 0 aliphatic heterocycles. The summed E-state index contributed by atoms with van der Waals surface area (Å²) in [6.07, 6.45) is 1.05. The molecule has 3 heteroatoms. The average molecular weight is 305 g/mol. The van der Waals surface area contributed by atoms with E-state index >= 15 is 0 Å². The Kier molecular flexibility index (Phi) is 4.69. The lowest BCUT2D eigenvalue weighted by Gasteiger charge is -2.23. The van der Waals surface area contributed by atoms with Gasteiger partial charge in [0.1, 0.15) is 5.75 Å². The maximum Gasteiger partial charge on any atom is 0.119 e. The van der Waals surface area contributed by atoms with Crippen LogP contribution in [0.4, 0.5) is 0 Å². The highest BCUT2D eigenvalue weighted by molar-refractivity contribution is 5.36. The molecule has 2 aromatic carbocycles. The molecule has 0 aliphatic carbocycles. The summed E-state index contributed by atoms with van der Waals surface area (Å²) in [7, 11) is 1.62. The molecule has 3 rings (SSSR count). The van der Waals surface area contributed by atoms with Gasteiger partial charge in [0.05, 0.1) is 24.8 Å². The van der Waals surface area contributed by atoms with E-state index in [2.05, 4.69) is 4.98 Å². The Labute approximate surface area is 136 Å². The standard InChI is InChI=1S/C20H19NO2/c1-23-17-11-7-10-16(14-17)20(22)19(15-8-3-2-4-9-15)18-12-5-6-13-21-18/h2-14,19-20,22H,1H3/t19-,20-/m0/s1. The summed E-state index contributed by atoms with van der Waals surface area (Å²) >= 11 is 0. The smallest absolute Gasteiger partial charge is 0.119 e. The Morgan fingerprint density at radius 2 is 1.61 bits per heavy atom. The van der Waals surface area contributed by atoms with Crippen LogP contribution in [0, 0.1) is 0 Å². The first-order valence-corrected chi connectivity index (χ1v) is 7.57. The number of nitrogens with zero attached hydrogens (tertiary/aromatic N) is 1. The van der Waals surface area contributed by atoms with Crippen LogP contribution in [-0.2, 0) is 0 Å². The van der Waals surface area contributed by atoms with E-state index in [0.29, 0.717) is 0 Å². The van der Waals surface area contributed by atoms with Gasteiger partial charge in [-0.25, -0.2) is 0 Å². The van der Waals surface area contributed by atoms with Crippen molar-refractivity contribution >= 4 is 0 Å². The van der Waals surface area contributed by atoms with Crippen LogP contribution in [0.15, 0.2) is 79.0 Å². The van der Waals surface area contributed by atoms with Gasteiger partial charge in [-0.1, -0.05) is 48.5 Å². The Bertz CT molecular complexity index is 704. The topological polar surface area (TPSA) is 42.4 Å². The molecular formula is C20H19NO2. The van der Waals surface area contributed by atoms with Gasteiger partial charge >= 0.3 is 0 Å². The lowest BCUT2D eigenvalue weighted by Crippen LogP contribution is -2.14. The van der Waals surface area contributed by atoms with Crippen molar-refractivity contribution in [3.05, 3.63) is 95.8 Å². The van der Waals surface area contributed by atoms with Crippen LogP contribution in [0.1, 0.15) is 28.8 Å². The van der Waals surface area contributed by atoms with Gasteiger partial charge in [-0.2, -0.15) is 0 Å². The third kappa shape index (κ3) is 3.41. The molecule has 0 bridgehead atoms. The van der Waals surface area contributed by atoms with E-state index in [0.717, 1.165) is 22.6 Å². The molecule has 1 aromatic heterocycles. The van der Waals surface area contributed by atoms with Crippen LogP contribution in [0.3, 0.4) is 0 Å². The zero-order chi connectivity index (χ0) is 16.1. The molecule has 3 nitrogen and oxygen atoms in total. The second-order valence-corrected chi connectivity index (χ2v) is 5.36. The van der Waals surface area contributed by atoms with Gasteiger partial charge in [-0.3, -0.25) is 4.98 Å². The molecular weight excluding hydrogens is 286 g/mol. The van der Waals surface area contributed by atoms with Gasteiger partial charge in [0.2, 0.25) is 0 Å². The van der Waals surface area contributed by atoms with Crippen molar-refractivity contribution in [1.29, 1.82) is 0 Å². The van der Waals surface area contributed by atoms with E-state index in [1.165, 1.54) is 0 Å². The summed E-state index contributed by atoms with van der Waals surface area (Å²) in [6.45, 7) is 0. The Morgan fingerprint density at radius 3 is 2.30 bits per heavy atom. The number of pyridine rings is 1. The quantitative estimate of drug-likeness (QED) is 0.776. The first-order valence-electron chi connectivity index (χ1n) is 7.57. The van der Waals surface area contributed by atoms with E-state index in [-0.39, 0.29) is 5.92 Å². The summed E-state index contributed by atoms with van der Waals surface area (Å²) in [4.78, 5) is 4.45. The zero-order valence-electron chi connectivity index (χ0n) is 13.0. The van der Waals surface area contributed by atoms with Crippen LogP contribution >= 0.6 is 0 Å².